The van der Waals surface area contributed by atoms with Crippen LogP contribution in [0.3, 0.4) is 0 Å². The lowest BCUT2D eigenvalue weighted by Crippen LogP contribution is -2.35. The second kappa shape index (κ2) is 9.31. The standard InChI is InChI=1S/C24H27ClN4O4/c1-3-5-19-26-17-9-13(23(30)31)8-16(21(17)27-19)12-29-18-10-14(24(32)33)7-15(11-25)22(18)28-20(29)6-4-2/h7-10,20,28H,3-6,11-12H2,1-2H3,(H,26,27)(H,30,31)(H,32,33). The molecule has 0 fully saturated rings. The number of H-pyrrole nitrogens is 1. The molecule has 0 aliphatic carbocycles. The van der Waals surface area contributed by atoms with Gasteiger partial charge in [-0.25, -0.2) is 14.6 Å². The number of aromatic amines is 1. The molecule has 1 atom stereocenters. The van der Waals surface area contributed by atoms with E-state index in [4.69, 9.17) is 16.6 Å². The van der Waals surface area contributed by atoms with Crippen molar-refractivity contribution >= 4 is 45.9 Å². The second-order valence-electron chi connectivity index (χ2n) is 8.32. The van der Waals surface area contributed by atoms with Gasteiger partial charge in [0.1, 0.15) is 5.82 Å². The molecule has 4 N–H and O–H groups in total. The van der Waals surface area contributed by atoms with Gasteiger partial charge in [-0.1, -0.05) is 20.3 Å². The van der Waals surface area contributed by atoms with Gasteiger partial charge in [0.25, 0.3) is 0 Å². The molecular formula is C24H27ClN4O4. The van der Waals surface area contributed by atoms with Crippen LogP contribution in [0.5, 0.6) is 0 Å². The Hall–Kier alpha value is -3.26. The number of aryl methyl sites for hydroxylation is 1. The van der Waals surface area contributed by atoms with Crippen molar-refractivity contribution in [3.63, 3.8) is 0 Å². The fourth-order valence-corrected chi connectivity index (χ4v) is 4.65. The van der Waals surface area contributed by atoms with Gasteiger partial charge >= 0.3 is 11.9 Å². The fraction of sp³-hybridized carbons (Fsp3) is 0.375. The number of carboxylic acids is 2. The number of benzene rings is 2. The number of carbonyl (C=O) groups is 2. The molecule has 0 spiro atoms. The van der Waals surface area contributed by atoms with Crippen LogP contribution in [0.4, 0.5) is 11.4 Å². The fourth-order valence-electron chi connectivity index (χ4n) is 4.44. The predicted molar refractivity (Wildman–Crippen MR) is 129 cm³/mol. The SMILES string of the molecule is CCCc1nc2c(CN3c4cc(C(=O)O)cc(CCl)c4NC3CCC)cc(C(=O)O)cc2[nH]1. The molecule has 1 aliphatic heterocycles. The van der Waals surface area contributed by atoms with Crippen molar-refractivity contribution in [3.05, 3.63) is 52.3 Å². The lowest BCUT2D eigenvalue weighted by atomic mass is 10.1. The zero-order valence-corrected chi connectivity index (χ0v) is 19.4. The Morgan fingerprint density at radius 1 is 1.06 bits per heavy atom. The van der Waals surface area contributed by atoms with E-state index in [9.17, 15) is 19.8 Å². The number of nitrogens with zero attached hydrogens (tertiary/aromatic N) is 2. The van der Waals surface area contributed by atoms with Crippen LogP contribution in [0.1, 0.15) is 70.8 Å². The first kappa shape index (κ1) is 22.9. The summed E-state index contributed by atoms with van der Waals surface area (Å²) in [5.41, 5.74) is 4.85. The Labute approximate surface area is 196 Å². The zero-order chi connectivity index (χ0) is 23.7. The molecule has 4 rings (SSSR count). The summed E-state index contributed by atoms with van der Waals surface area (Å²) in [7, 11) is 0. The van der Waals surface area contributed by atoms with E-state index in [2.05, 4.69) is 29.0 Å². The summed E-state index contributed by atoms with van der Waals surface area (Å²) in [5, 5.41) is 22.8. The summed E-state index contributed by atoms with van der Waals surface area (Å²) in [5.74, 6) is -1.03. The summed E-state index contributed by atoms with van der Waals surface area (Å²) in [4.78, 5) is 33.6. The molecule has 174 valence electrons. The number of nitrogens with one attached hydrogen (secondary N) is 2. The number of alkyl halides is 1. The molecule has 0 saturated heterocycles. The van der Waals surface area contributed by atoms with Gasteiger partial charge in [0.15, 0.2) is 0 Å². The van der Waals surface area contributed by atoms with Crippen molar-refractivity contribution in [3.8, 4) is 0 Å². The maximum Gasteiger partial charge on any atom is 0.335 e. The zero-order valence-electron chi connectivity index (χ0n) is 18.6. The molecule has 3 aromatic rings. The minimum atomic E-state index is -1.02. The number of imidazole rings is 1. The third-order valence-electron chi connectivity index (χ3n) is 5.94. The van der Waals surface area contributed by atoms with E-state index in [0.717, 1.165) is 59.5 Å². The topological polar surface area (TPSA) is 119 Å². The van der Waals surface area contributed by atoms with Gasteiger partial charge in [-0.05, 0) is 42.7 Å². The van der Waals surface area contributed by atoms with E-state index in [1.807, 2.05) is 0 Å². The van der Waals surface area contributed by atoms with Gasteiger partial charge in [0.2, 0.25) is 0 Å². The van der Waals surface area contributed by atoms with E-state index in [-0.39, 0.29) is 23.2 Å². The maximum atomic E-state index is 11.8. The Kier molecular flexibility index (Phi) is 6.47. The normalized spacial score (nSPS) is 15.0. The summed E-state index contributed by atoms with van der Waals surface area (Å²) >= 11 is 6.16. The van der Waals surface area contributed by atoms with E-state index < -0.39 is 11.9 Å². The average molecular weight is 471 g/mol. The van der Waals surface area contributed by atoms with Crippen LogP contribution < -0.4 is 10.2 Å². The van der Waals surface area contributed by atoms with Crippen molar-refractivity contribution in [2.45, 2.75) is 58.1 Å². The Balaban J connectivity index is 1.84. The minimum Gasteiger partial charge on any atom is -0.478 e. The van der Waals surface area contributed by atoms with Crippen LogP contribution in [0.2, 0.25) is 0 Å². The number of aromatic nitrogens is 2. The van der Waals surface area contributed by atoms with E-state index in [1.165, 1.54) is 0 Å². The van der Waals surface area contributed by atoms with Gasteiger partial charge in [0, 0.05) is 24.4 Å². The maximum absolute atomic E-state index is 11.8. The molecule has 8 nitrogen and oxygen atoms in total. The summed E-state index contributed by atoms with van der Waals surface area (Å²) in [6.07, 6.45) is 3.35. The highest BCUT2D eigenvalue weighted by Gasteiger charge is 2.32. The van der Waals surface area contributed by atoms with Crippen LogP contribution in [0.25, 0.3) is 11.0 Å². The minimum absolute atomic E-state index is 0.0754. The Morgan fingerprint density at radius 2 is 1.76 bits per heavy atom. The van der Waals surface area contributed by atoms with Gasteiger partial charge in [0.05, 0.1) is 39.7 Å². The highest BCUT2D eigenvalue weighted by Crippen LogP contribution is 2.41. The Morgan fingerprint density at radius 3 is 2.39 bits per heavy atom. The number of hydrogen-bond donors (Lipinski definition) is 4. The highest BCUT2D eigenvalue weighted by molar-refractivity contribution is 6.17. The lowest BCUT2D eigenvalue weighted by molar-refractivity contribution is 0.0686. The van der Waals surface area contributed by atoms with Crippen molar-refractivity contribution in [1.82, 2.24) is 9.97 Å². The molecule has 0 radical (unpaired) electrons. The molecular weight excluding hydrogens is 444 g/mol. The van der Waals surface area contributed by atoms with Crippen molar-refractivity contribution in [2.75, 3.05) is 10.2 Å². The number of carboxylic acid groups (broad SMARTS) is 2. The summed E-state index contributed by atoms with van der Waals surface area (Å²) in [6.45, 7) is 4.53. The Bertz CT molecular complexity index is 1220. The molecule has 1 aliphatic rings. The first-order valence-corrected chi connectivity index (χ1v) is 11.6. The molecule has 2 heterocycles. The van der Waals surface area contributed by atoms with Gasteiger partial charge in [-0.2, -0.15) is 0 Å². The number of halogens is 1. The molecule has 2 aromatic carbocycles. The second-order valence-corrected chi connectivity index (χ2v) is 8.58. The van der Waals surface area contributed by atoms with E-state index >= 15 is 0 Å². The molecule has 33 heavy (non-hydrogen) atoms. The number of hydrogen-bond acceptors (Lipinski definition) is 5. The molecule has 1 aromatic heterocycles. The monoisotopic (exact) mass is 470 g/mol. The first-order chi connectivity index (χ1) is 15.9. The molecule has 0 saturated carbocycles. The van der Waals surface area contributed by atoms with Crippen LogP contribution in [-0.4, -0.2) is 38.3 Å². The molecule has 0 bridgehead atoms. The number of rotatable bonds is 9. The largest absolute Gasteiger partial charge is 0.478 e. The third-order valence-corrected chi connectivity index (χ3v) is 6.23. The summed E-state index contributed by atoms with van der Waals surface area (Å²) < 4.78 is 0. The highest BCUT2D eigenvalue weighted by atomic mass is 35.5. The van der Waals surface area contributed by atoms with Gasteiger partial charge < -0.3 is 25.4 Å². The van der Waals surface area contributed by atoms with Crippen molar-refractivity contribution < 1.29 is 19.8 Å². The van der Waals surface area contributed by atoms with Crippen LogP contribution >= 0.6 is 11.6 Å². The third kappa shape index (κ3) is 4.35. The first-order valence-electron chi connectivity index (χ1n) is 11.1. The number of aromatic carboxylic acids is 2. The lowest BCUT2D eigenvalue weighted by Gasteiger charge is -2.27. The number of anilines is 2. The van der Waals surface area contributed by atoms with Gasteiger partial charge in [-0.3, -0.25) is 0 Å². The number of fused-ring (bicyclic) bond motifs is 2. The van der Waals surface area contributed by atoms with Crippen molar-refractivity contribution in [2.24, 2.45) is 0 Å². The quantitative estimate of drug-likeness (QED) is 0.317. The van der Waals surface area contributed by atoms with Crippen molar-refractivity contribution in [1.29, 1.82) is 0 Å². The van der Waals surface area contributed by atoms with E-state index in [0.29, 0.717) is 12.1 Å². The molecule has 0 amide bonds. The van der Waals surface area contributed by atoms with Crippen LogP contribution in [0, 0.1) is 0 Å². The predicted octanol–water partition coefficient (Wildman–Crippen LogP) is 5.21. The average Bonchev–Trinajstić information content (AvgIpc) is 3.34. The van der Waals surface area contributed by atoms with Gasteiger partial charge in [-0.15, -0.1) is 11.6 Å². The summed E-state index contributed by atoms with van der Waals surface area (Å²) in [6, 6.07) is 6.52. The van der Waals surface area contributed by atoms with Crippen LogP contribution in [0.15, 0.2) is 24.3 Å². The molecule has 9 heteroatoms. The van der Waals surface area contributed by atoms with E-state index in [1.54, 1.807) is 24.3 Å². The van der Waals surface area contributed by atoms with Crippen LogP contribution in [-0.2, 0) is 18.8 Å². The molecule has 1 unspecified atom stereocenters. The smallest absolute Gasteiger partial charge is 0.335 e.